The Labute approximate surface area is 162 Å². The molecule has 7 heteroatoms. The van der Waals surface area contributed by atoms with E-state index in [0.717, 1.165) is 0 Å². The highest BCUT2D eigenvalue weighted by Gasteiger charge is 2.49. The van der Waals surface area contributed by atoms with Gasteiger partial charge in [0.1, 0.15) is 5.70 Å². The van der Waals surface area contributed by atoms with Gasteiger partial charge in [0.05, 0.1) is 12.2 Å². The molecule has 0 bridgehead atoms. The van der Waals surface area contributed by atoms with Gasteiger partial charge in [0, 0.05) is 11.4 Å². The van der Waals surface area contributed by atoms with Crippen LogP contribution in [0.5, 0.6) is 0 Å². The van der Waals surface area contributed by atoms with Crippen LogP contribution < -0.4 is 10.2 Å². The molecule has 1 atom stereocenters. The zero-order chi connectivity index (χ0) is 20.3. The van der Waals surface area contributed by atoms with E-state index in [1.807, 2.05) is 6.07 Å². The van der Waals surface area contributed by atoms with Crippen molar-refractivity contribution >= 4 is 29.2 Å². The van der Waals surface area contributed by atoms with Crippen LogP contribution >= 0.6 is 0 Å². The normalized spacial score (nSPS) is 18.6. The predicted molar refractivity (Wildman–Crippen MR) is 104 cm³/mol. The van der Waals surface area contributed by atoms with Crippen LogP contribution in [0.4, 0.5) is 11.4 Å². The van der Waals surface area contributed by atoms with Crippen molar-refractivity contribution in [2.45, 2.75) is 19.4 Å². The van der Waals surface area contributed by atoms with Gasteiger partial charge in [-0.05, 0) is 56.3 Å². The SMILES string of the molecule is CCOC(=O)[C@]1(C)C=C(Nc2ccc(C(=O)O)cc2)C(=O)N1c1ccccc1. The largest absolute Gasteiger partial charge is 0.478 e. The smallest absolute Gasteiger partial charge is 0.336 e. The number of carbonyl (C=O) groups excluding carboxylic acids is 2. The van der Waals surface area contributed by atoms with Gasteiger partial charge < -0.3 is 15.2 Å². The number of nitrogens with zero attached hydrogens (tertiary/aromatic N) is 1. The van der Waals surface area contributed by atoms with Gasteiger partial charge in [0.15, 0.2) is 5.54 Å². The predicted octanol–water partition coefficient (Wildman–Crippen LogP) is 3.05. The molecule has 0 radical (unpaired) electrons. The number of hydrogen-bond donors (Lipinski definition) is 2. The number of carboxylic acids is 1. The summed E-state index contributed by atoms with van der Waals surface area (Å²) in [6.07, 6.45) is 1.53. The number of hydrogen-bond acceptors (Lipinski definition) is 5. The van der Waals surface area contributed by atoms with E-state index in [2.05, 4.69) is 5.32 Å². The van der Waals surface area contributed by atoms with Crippen molar-refractivity contribution in [3.8, 4) is 0 Å². The zero-order valence-corrected chi connectivity index (χ0v) is 15.5. The lowest BCUT2D eigenvalue weighted by Gasteiger charge is -2.32. The number of para-hydroxylation sites is 1. The Hall–Kier alpha value is -3.61. The molecule has 1 aliphatic rings. The summed E-state index contributed by atoms with van der Waals surface area (Å²) in [7, 11) is 0. The van der Waals surface area contributed by atoms with Gasteiger partial charge in [-0.25, -0.2) is 9.59 Å². The van der Waals surface area contributed by atoms with Crippen LogP contribution in [0.2, 0.25) is 0 Å². The summed E-state index contributed by atoms with van der Waals surface area (Å²) in [4.78, 5) is 38.1. The van der Waals surface area contributed by atoms with Crippen LogP contribution in [0.15, 0.2) is 66.4 Å². The van der Waals surface area contributed by atoms with E-state index < -0.39 is 17.5 Å². The minimum Gasteiger partial charge on any atom is -0.478 e. The van der Waals surface area contributed by atoms with Crippen molar-refractivity contribution in [3.63, 3.8) is 0 Å². The second-order valence-corrected chi connectivity index (χ2v) is 6.41. The lowest BCUT2D eigenvalue weighted by atomic mass is 10.0. The molecule has 0 aliphatic carbocycles. The fourth-order valence-electron chi connectivity index (χ4n) is 3.07. The lowest BCUT2D eigenvalue weighted by molar-refractivity contribution is -0.147. The number of amides is 1. The number of benzene rings is 2. The highest BCUT2D eigenvalue weighted by Crippen LogP contribution is 2.35. The van der Waals surface area contributed by atoms with E-state index in [0.29, 0.717) is 11.4 Å². The summed E-state index contributed by atoms with van der Waals surface area (Å²) in [5, 5.41) is 12.0. The van der Waals surface area contributed by atoms with Gasteiger partial charge in [0.2, 0.25) is 0 Å². The highest BCUT2D eigenvalue weighted by molar-refractivity contribution is 6.16. The maximum atomic E-state index is 13.1. The number of aromatic carboxylic acids is 1. The minimum absolute atomic E-state index is 0.138. The molecule has 0 spiro atoms. The maximum absolute atomic E-state index is 13.1. The van der Waals surface area contributed by atoms with Crippen LogP contribution in [-0.2, 0) is 14.3 Å². The molecule has 1 aliphatic heterocycles. The Morgan fingerprint density at radius 1 is 1.11 bits per heavy atom. The molecule has 144 valence electrons. The molecule has 28 heavy (non-hydrogen) atoms. The highest BCUT2D eigenvalue weighted by atomic mass is 16.5. The van der Waals surface area contributed by atoms with Crippen LogP contribution in [0, 0.1) is 0 Å². The molecule has 0 unspecified atom stereocenters. The van der Waals surface area contributed by atoms with Gasteiger partial charge >= 0.3 is 11.9 Å². The van der Waals surface area contributed by atoms with E-state index in [4.69, 9.17) is 9.84 Å². The van der Waals surface area contributed by atoms with Gasteiger partial charge in [-0.3, -0.25) is 9.69 Å². The molecule has 2 N–H and O–H groups in total. The molecule has 7 nitrogen and oxygen atoms in total. The Balaban J connectivity index is 1.96. The molecule has 0 saturated heterocycles. The van der Waals surface area contributed by atoms with Gasteiger partial charge in [0.25, 0.3) is 5.91 Å². The summed E-state index contributed by atoms with van der Waals surface area (Å²) >= 11 is 0. The topological polar surface area (TPSA) is 95.9 Å². The first kappa shape index (κ1) is 19.2. The Kier molecular flexibility index (Phi) is 5.17. The second kappa shape index (κ2) is 7.56. The monoisotopic (exact) mass is 380 g/mol. The van der Waals surface area contributed by atoms with Crippen molar-refractivity contribution in [2.24, 2.45) is 0 Å². The van der Waals surface area contributed by atoms with Gasteiger partial charge in [-0.15, -0.1) is 0 Å². The zero-order valence-electron chi connectivity index (χ0n) is 15.5. The first-order valence-electron chi connectivity index (χ1n) is 8.77. The fourth-order valence-corrected chi connectivity index (χ4v) is 3.07. The number of ether oxygens (including phenoxy) is 1. The number of esters is 1. The Bertz CT molecular complexity index is 937. The van der Waals surface area contributed by atoms with Crippen LogP contribution in [0.1, 0.15) is 24.2 Å². The minimum atomic E-state index is -1.31. The van der Waals surface area contributed by atoms with E-state index >= 15 is 0 Å². The number of rotatable bonds is 6. The lowest BCUT2D eigenvalue weighted by Crippen LogP contribution is -2.51. The third kappa shape index (κ3) is 3.46. The molecule has 0 fully saturated rings. The van der Waals surface area contributed by atoms with Crippen LogP contribution in [0.25, 0.3) is 0 Å². The van der Waals surface area contributed by atoms with Crippen molar-refractivity contribution in [1.82, 2.24) is 0 Å². The molecule has 1 amide bonds. The molecule has 2 aromatic carbocycles. The fraction of sp³-hybridized carbons (Fsp3) is 0.190. The van der Waals surface area contributed by atoms with E-state index in [1.54, 1.807) is 50.2 Å². The average Bonchev–Trinajstić information content (AvgIpc) is 2.94. The molecule has 3 rings (SSSR count). The van der Waals surface area contributed by atoms with Crippen LogP contribution in [0.3, 0.4) is 0 Å². The molecular formula is C21H20N2O5. The molecule has 0 saturated carbocycles. The van der Waals surface area contributed by atoms with E-state index in [-0.39, 0.29) is 23.8 Å². The van der Waals surface area contributed by atoms with Gasteiger partial charge in [-0.1, -0.05) is 18.2 Å². The third-order valence-corrected chi connectivity index (χ3v) is 4.44. The van der Waals surface area contributed by atoms with Crippen molar-refractivity contribution in [1.29, 1.82) is 0 Å². The number of nitrogens with one attached hydrogen (secondary N) is 1. The quantitative estimate of drug-likeness (QED) is 0.748. The van der Waals surface area contributed by atoms with E-state index in [9.17, 15) is 14.4 Å². The van der Waals surface area contributed by atoms with Crippen molar-refractivity contribution in [2.75, 3.05) is 16.8 Å². The second-order valence-electron chi connectivity index (χ2n) is 6.41. The molecule has 0 aromatic heterocycles. The molecular weight excluding hydrogens is 360 g/mol. The third-order valence-electron chi connectivity index (χ3n) is 4.44. The van der Waals surface area contributed by atoms with Gasteiger partial charge in [-0.2, -0.15) is 0 Å². The standard InChI is InChI=1S/C21H20N2O5/c1-3-28-20(27)21(2)13-17(18(24)23(21)16-7-5-4-6-8-16)22-15-11-9-14(10-12-15)19(25)26/h4-13,22H,3H2,1-2H3,(H,25,26)/t21-/m0/s1. The molecule has 1 heterocycles. The summed E-state index contributed by atoms with van der Waals surface area (Å²) in [6, 6.07) is 14.9. The number of carboxylic acid groups (broad SMARTS) is 1. The number of carbonyl (C=O) groups is 3. The average molecular weight is 380 g/mol. The van der Waals surface area contributed by atoms with E-state index in [1.165, 1.54) is 23.1 Å². The Morgan fingerprint density at radius 2 is 1.75 bits per heavy atom. The Morgan fingerprint density at radius 3 is 2.32 bits per heavy atom. The molecule has 2 aromatic rings. The summed E-state index contributed by atoms with van der Waals surface area (Å²) in [5.41, 5.74) is 0.141. The first-order chi connectivity index (χ1) is 13.4. The summed E-state index contributed by atoms with van der Waals surface area (Å²) in [5.74, 6) is -1.96. The maximum Gasteiger partial charge on any atom is 0.336 e. The van der Waals surface area contributed by atoms with Crippen molar-refractivity contribution in [3.05, 3.63) is 71.9 Å². The van der Waals surface area contributed by atoms with Crippen molar-refractivity contribution < 1.29 is 24.2 Å². The first-order valence-corrected chi connectivity index (χ1v) is 8.77. The number of anilines is 2. The van der Waals surface area contributed by atoms with Crippen LogP contribution in [-0.4, -0.2) is 35.1 Å². The summed E-state index contributed by atoms with van der Waals surface area (Å²) < 4.78 is 5.20. The summed E-state index contributed by atoms with van der Waals surface area (Å²) in [6.45, 7) is 3.52.